The smallest absolute Gasteiger partial charge is 0.356 e. The number of nitrogens with zero attached hydrogens (tertiary/aromatic N) is 4. The summed E-state index contributed by atoms with van der Waals surface area (Å²) in [6.07, 6.45) is 1.43. The second-order valence-corrected chi connectivity index (χ2v) is 5.81. The summed E-state index contributed by atoms with van der Waals surface area (Å²) in [5, 5.41) is 11.3. The Morgan fingerprint density at radius 1 is 1.42 bits per heavy atom. The minimum absolute atomic E-state index is 0.000778. The Morgan fingerprint density at radius 3 is 2.71 bits per heavy atom. The van der Waals surface area contributed by atoms with Gasteiger partial charge in [0, 0.05) is 33.3 Å². The lowest BCUT2D eigenvalue weighted by atomic mass is 9.96. The van der Waals surface area contributed by atoms with Gasteiger partial charge in [0.05, 0.1) is 18.0 Å². The zero-order valence-corrected chi connectivity index (χ0v) is 13.9. The third kappa shape index (κ3) is 3.61. The van der Waals surface area contributed by atoms with Gasteiger partial charge in [0.25, 0.3) is 0 Å². The minimum Gasteiger partial charge on any atom is -0.464 e. The molecule has 130 valence electrons. The molecule has 0 N–H and O–H groups in total. The van der Waals surface area contributed by atoms with Crippen molar-refractivity contribution in [3.8, 4) is 0 Å². The molecule has 2 heterocycles. The number of hydrogen-bond donors (Lipinski definition) is 0. The zero-order chi connectivity index (χ0) is 17.9. The highest BCUT2D eigenvalue weighted by Crippen LogP contribution is 2.30. The lowest BCUT2D eigenvalue weighted by Crippen LogP contribution is -2.43. The van der Waals surface area contributed by atoms with Gasteiger partial charge in [0.1, 0.15) is 0 Å². The van der Waals surface area contributed by atoms with E-state index < -0.39 is 10.9 Å². The second kappa shape index (κ2) is 7.24. The van der Waals surface area contributed by atoms with E-state index in [1.807, 2.05) is 0 Å². The SMILES string of the molecule is COC(=O)c1ccc([N+](=O)[O-])c(N2CCCC(C(=O)N(C)C)C2)n1. The minimum atomic E-state index is -0.663. The molecule has 0 radical (unpaired) electrons. The highest BCUT2D eigenvalue weighted by molar-refractivity contribution is 5.88. The molecule has 2 rings (SSSR count). The van der Waals surface area contributed by atoms with Crippen molar-refractivity contribution in [3.63, 3.8) is 0 Å². The number of pyridine rings is 1. The molecule has 24 heavy (non-hydrogen) atoms. The Kier molecular flexibility index (Phi) is 5.32. The number of ether oxygens (including phenoxy) is 1. The van der Waals surface area contributed by atoms with Crippen molar-refractivity contribution in [1.82, 2.24) is 9.88 Å². The van der Waals surface area contributed by atoms with Crippen LogP contribution >= 0.6 is 0 Å². The Morgan fingerprint density at radius 2 is 2.12 bits per heavy atom. The van der Waals surface area contributed by atoms with Crippen LogP contribution in [0.25, 0.3) is 0 Å². The summed E-state index contributed by atoms with van der Waals surface area (Å²) in [5.74, 6) is -0.841. The van der Waals surface area contributed by atoms with Crippen molar-refractivity contribution in [3.05, 3.63) is 27.9 Å². The van der Waals surface area contributed by atoms with Crippen LogP contribution in [0.3, 0.4) is 0 Å². The Balaban J connectivity index is 2.36. The van der Waals surface area contributed by atoms with Gasteiger partial charge in [-0.1, -0.05) is 0 Å². The van der Waals surface area contributed by atoms with Crippen molar-refractivity contribution < 1.29 is 19.2 Å². The maximum atomic E-state index is 12.2. The van der Waals surface area contributed by atoms with Gasteiger partial charge in [-0.15, -0.1) is 0 Å². The molecule has 0 aliphatic carbocycles. The first kappa shape index (κ1) is 17.6. The van der Waals surface area contributed by atoms with E-state index in [9.17, 15) is 19.7 Å². The molecule has 1 amide bonds. The Labute approximate surface area is 139 Å². The summed E-state index contributed by atoms with van der Waals surface area (Å²) in [7, 11) is 4.58. The van der Waals surface area contributed by atoms with Gasteiger partial charge in [0.15, 0.2) is 5.69 Å². The monoisotopic (exact) mass is 336 g/mol. The fourth-order valence-corrected chi connectivity index (χ4v) is 2.77. The van der Waals surface area contributed by atoms with Gasteiger partial charge in [-0.25, -0.2) is 9.78 Å². The summed E-state index contributed by atoms with van der Waals surface area (Å²) in [6.45, 7) is 0.866. The van der Waals surface area contributed by atoms with Crippen molar-refractivity contribution in [2.24, 2.45) is 5.92 Å². The van der Waals surface area contributed by atoms with Gasteiger partial charge < -0.3 is 14.5 Å². The number of nitro groups is 1. The van der Waals surface area contributed by atoms with Crippen molar-refractivity contribution in [1.29, 1.82) is 0 Å². The lowest BCUT2D eigenvalue weighted by Gasteiger charge is -2.33. The standard InChI is InChI=1S/C15H20N4O5/c1-17(2)14(20)10-5-4-8-18(9-10)13-12(19(22)23)7-6-11(16-13)15(21)24-3/h6-7,10H,4-5,8-9H2,1-3H3. The molecule has 1 saturated heterocycles. The second-order valence-electron chi connectivity index (χ2n) is 5.81. The first-order chi connectivity index (χ1) is 11.3. The van der Waals surface area contributed by atoms with Crippen molar-refractivity contribution in [2.45, 2.75) is 12.8 Å². The average Bonchev–Trinajstić information content (AvgIpc) is 2.59. The largest absolute Gasteiger partial charge is 0.464 e. The predicted octanol–water partition coefficient (Wildman–Crippen LogP) is 1.08. The van der Waals surface area contributed by atoms with E-state index in [0.29, 0.717) is 19.5 Å². The van der Waals surface area contributed by atoms with Crippen LogP contribution in [0.2, 0.25) is 0 Å². The summed E-state index contributed by atoms with van der Waals surface area (Å²) >= 11 is 0. The number of aromatic nitrogens is 1. The van der Waals surface area contributed by atoms with E-state index in [1.165, 1.54) is 24.1 Å². The molecule has 1 unspecified atom stereocenters. The summed E-state index contributed by atoms with van der Waals surface area (Å²) < 4.78 is 4.62. The van der Waals surface area contributed by atoms with Crippen molar-refractivity contribution >= 4 is 23.4 Å². The quantitative estimate of drug-likeness (QED) is 0.460. The number of methoxy groups -OCH3 is 1. The van der Waals surface area contributed by atoms with Crippen LogP contribution < -0.4 is 4.90 Å². The molecule has 9 heteroatoms. The first-order valence-electron chi connectivity index (χ1n) is 7.55. The normalized spacial score (nSPS) is 17.3. The Bertz CT molecular complexity index is 661. The van der Waals surface area contributed by atoms with Crippen LogP contribution in [0, 0.1) is 16.0 Å². The number of rotatable bonds is 4. The van der Waals surface area contributed by atoms with Gasteiger partial charge >= 0.3 is 11.7 Å². The molecule has 1 fully saturated rings. The fourth-order valence-electron chi connectivity index (χ4n) is 2.77. The topological polar surface area (TPSA) is 106 Å². The molecular weight excluding hydrogens is 316 g/mol. The van der Waals surface area contributed by atoms with E-state index in [2.05, 4.69) is 9.72 Å². The number of esters is 1. The molecule has 1 atom stereocenters. The third-order valence-corrected chi connectivity index (χ3v) is 3.96. The average molecular weight is 336 g/mol. The van der Waals surface area contributed by atoms with Gasteiger partial charge in [-0.3, -0.25) is 14.9 Å². The summed E-state index contributed by atoms with van der Waals surface area (Å²) in [6, 6.07) is 2.51. The highest BCUT2D eigenvalue weighted by Gasteiger charge is 2.31. The Hall–Kier alpha value is -2.71. The van der Waals surface area contributed by atoms with E-state index in [1.54, 1.807) is 19.0 Å². The van der Waals surface area contributed by atoms with Gasteiger partial charge in [0.2, 0.25) is 11.7 Å². The van der Waals surface area contributed by atoms with E-state index in [0.717, 1.165) is 6.42 Å². The van der Waals surface area contributed by atoms with Crippen molar-refractivity contribution in [2.75, 3.05) is 39.2 Å². The molecule has 1 aliphatic rings. The van der Waals surface area contributed by atoms with E-state index in [-0.39, 0.29) is 29.0 Å². The van der Waals surface area contributed by atoms with Crippen LogP contribution in [0.4, 0.5) is 11.5 Å². The first-order valence-corrected chi connectivity index (χ1v) is 7.55. The zero-order valence-electron chi connectivity index (χ0n) is 13.9. The summed E-state index contributed by atoms with van der Waals surface area (Å²) in [5.41, 5.74) is -0.195. The summed E-state index contributed by atoms with van der Waals surface area (Å²) in [4.78, 5) is 41.9. The van der Waals surface area contributed by atoms with E-state index in [4.69, 9.17) is 0 Å². The van der Waals surface area contributed by atoms with Crippen LogP contribution in [0.5, 0.6) is 0 Å². The fraction of sp³-hybridized carbons (Fsp3) is 0.533. The predicted molar refractivity (Wildman–Crippen MR) is 85.9 cm³/mol. The van der Waals surface area contributed by atoms with Gasteiger partial charge in [-0.2, -0.15) is 0 Å². The number of hydrogen-bond acceptors (Lipinski definition) is 7. The number of amides is 1. The van der Waals surface area contributed by atoms with Crippen LogP contribution in [-0.2, 0) is 9.53 Å². The molecule has 9 nitrogen and oxygen atoms in total. The molecule has 1 aromatic heterocycles. The number of piperidine rings is 1. The lowest BCUT2D eigenvalue weighted by molar-refractivity contribution is -0.384. The van der Waals surface area contributed by atoms with E-state index >= 15 is 0 Å². The van der Waals surface area contributed by atoms with Crippen LogP contribution in [0.15, 0.2) is 12.1 Å². The highest BCUT2D eigenvalue weighted by atomic mass is 16.6. The number of carbonyl (C=O) groups is 2. The maximum absolute atomic E-state index is 12.2. The number of anilines is 1. The molecule has 1 aromatic rings. The maximum Gasteiger partial charge on any atom is 0.356 e. The molecule has 0 saturated carbocycles. The number of carbonyl (C=O) groups excluding carboxylic acids is 2. The van der Waals surface area contributed by atoms with Crippen LogP contribution in [0.1, 0.15) is 23.3 Å². The van der Waals surface area contributed by atoms with Crippen LogP contribution in [-0.4, -0.2) is 61.0 Å². The third-order valence-electron chi connectivity index (χ3n) is 3.96. The van der Waals surface area contributed by atoms with Gasteiger partial charge in [-0.05, 0) is 18.9 Å². The molecule has 0 bridgehead atoms. The molecular formula is C15H20N4O5. The molecule has 1 aliphatic heterocycles. The molecule has 0 aromatic carbocycles. The molecule has 0 spiro atoms.